The topological polar surface area (TPSA) is 0 Å². The summed E-state index contributed by atoms with van der Waals surface area (Å²) in [5.74, 6) is 0. The Hall–Kier alpha value is -0.380. The summed E-state index contributed by atoms with van der Waals surface area (Å²) in [6, 6.07) is 8.70. The first kappa shape index (κ1) is 16.1. The fourth-order valence-electron chi connectivity index (χ4n) is 1.48. The molecule has 0 N–H and O–H groups in total. The molecule has 0 saturated heterocycles. The maximum atomic E-state index is 2.31. The monoisotopic (exact) mass is 366 g/mol. The van der Waals surface area contributed by atoms with Crippen molar-refractivity contribution in [3.05, 3.63) is 41.0 Å². The van der Waals surface area contributed by atoms with Crippen molar-refractivity contribution in [2.75, 3.05) is 0 Å². The number of fused-ring (bicyclic) bond motifs is 1. The van der Waals surface area contributed by atoms with E-state index < -0.39 is 0 Å². The van der Waals surface area contributed by atoms with E-state index in [4.69, 9.17) is 0 Å². The van der Waals surface area contributed by atoms with Gasteiger partial charge in [0.2, 0.25) is 0 Å². The van der Waals surface area contributed by atoms with Gasteiger partial charge in [0.1, 0.15) is 0 Å². The van der Waals surface area contributed by atoms with Gasteiger partial charge in [0.15, 0.2) is 0 Å². The second-order valence-corrected chi connectivity index (χ2v) is 5.02. The first-order valence-electron chi connectivity index (χ1n) is 3.77. The first-order chi connectivity index (χ1) is 5.29. The minimum Gasteiger partial charge on any atom is -1.00 e. The normalized spacial score (nSPS) is 16.8. The molecule has 0 saturated carbocycles. The van der Waals surface area contributed by atoms with Crippen LogP contribution in [-0.4, -0.2) is 0 Å². The van der Waals surface area contributed by atoms with Crippen molar-refractivity contribution in [3.8, 4) is 0 Å². The maximum absolute atomic E-state index is 2.31. The summed E-state index contributed by atoms with van der Waals surface area (Å²) >= 11 is 1.24. The Morgan fingerprint density at radius 3 is 2.21 bits per heavy atom. The van der Waals surface area contributed by atoms with E-state index in [0.29, 0.717) is 0 Å². The molecule has 4 heteroatoms. The molecular formula is C10H9F3Hf. The quantitative estimate of drug-likeness (QED) is 0.402. The van der Waals surface area contributed by atoms with Crippen molar-refractivity contribution in [2.45, 2.75) is 10.6 Å². The summed E-state index contributed by atoms with van der Waals surface area (Å²) in [6.07, 6.45) is 2.31. The smallest absolute Gasteiger partial charge is 1.00 e. The Kier molecular flexibility index (Phi) is 7.08. The maximum Gasteiger partial charge on any atom is -1.00 e. The molecule has 1 atom stereocenters. The number of rotatable bonds is 0. The van der Waals surface area contributed by atoms with Crippen LogP contribution in [0, 0.1) is 0 Å². The standard InChI is InChI=1S/C10H9.3FH.Hf/c1-8-6-9-4-2-3-5-10(9)7-8;;;;/h2-7H,1H3;3*1H;/q;;;;+3/p-3. The van der Waals surface area contributed by atoms with E-state index in [2.05, 4.69) is 37.3 Å². The molecule has 0 heterocycles. The van der Waals surface area contributed by atoms with Gasteiger partial charge in [0, 0.05) is 0 Å². The number of hydrogen-bond acceptors (Lipinski definition) is 0. The zero-order valence-electron chi connectivity index (χ0n) is 7.60. The Bertz CT molecular complexity index is 323. The molecule has 0 fully saturated rings. The van der Waals surface area contributed by atoms with Crippen LogP contribution in [0.1, 0.15) is 21.7 Å². The third-order valence-corrected chi connectivity index (χ3v) is 4.90. The Balaban J connectivity index is 0. The first-order valence-corrected chi connectivity index (χ1v) is 5.84. The zero-order chi connectivity index (χ0) is 7.84. The van der Waals surface area contributed by atoms with Crippen LogP contribution >= 0.6 is 0 Å². The summed E-state index contributed by atoms with van der Waals surface area (Å²) in [5.41, 5.74) is 4.51. The molecule has 0 spiro atoms. The van der Waals surface area contributed by atoms with Gasteiger partial charge in [0.05, 0.1) is 0 Å². The third kappa shape index (κ3) is 2.56. The second kappa shape index (κ2) is 6.17. The number of hydrogen-bond donors (Lipinski definition) is 0. The molecule has 0 aromatic heterocycles. The Morgan fingerprint density at radius 2 is 1.64 bits per heavy atom. The van der Waals surface area contributed by atoms with Crippen LogP contribution in [0.3, 0.4) is 0 Å². The summed E-state index contributed by atoms with van der Waals surface area (Å²) in [4.78, 5) is 0. The van der Waals surface area contributed by atoms with Gasteiger partial charge in [-0.3, -0.25) is 0 Å². The van der Waals surface area contributed by atoms with Crippen LogP contribution in [-0.2, 0) is 24.4 Å². The van der Waals surface area contributed by atoms with Crippen molar-refractivity contribution in [3.63, 3.8) is 0 Å². The molecule has 0 radical (unpaired) electrons. The van der Waals surface area contributed by atoms with Gasteiger partial charge in [-0.15, -0.1) is 0 Å². The van der Waals surface area contributed by atoms with E-state index in [1.54, 1.807) is 0 Å². The van der Waals surface area contributed by atoms with Gasteiger partial charge in [-0.05, 0) is 0 Å². The number of benzene rings is 1. The average Bonchev–Trinajstić information content (AvgIpc) is 2.30. The molecule has 74 valence electrons. The van der Waals surface area contributed by atoms with E-state index in [0.717, 1.165) is 3.67 Å². The molecular weight excluding hydrogens is 356 g/mol. The number of halogens is 3. The van der Waals surface area contributed by atoms with Gasteiger partial charge in [0.25, 0.3) is 0 Å². The van der Waals surface area contributed by atoms with Crippen molar-refractivity contribution < 1.29 is 38.5 Å². The van der Waals surface area contributed by atoms with E-state index >= 15 is 0 Å². The molecule has 1 aliphatic rings. The van der Waals surface area contributed by atoms with Crippen molar-refractivity contribution in [2.24, 2.45) is 0 Å². The van der Waals surface area contributed by atoms with Crippen LogP contribution in [0.2, 0.25) is 0 Å². The fourth-order valence-corrected chi connectivity index (χ4v) is 2.72. The molecule has 1 aliphatic carbocycles. The molecule has 1 unspecified atom stereocenters. The fraction of sp³-hybridized carbons (Fsp3) is 0.200. The summed E-state index contributed by atoms with van der Waals surface area (Å²) < 4.78 is 0.770. The van der Waals surface area contributed by atoms with E-state index in [9.17, 15) is 0 Å². The molecule has 0 nitrogen and oxygen atoms in total. The van der Waals surface area contributed by atoms with Gasteiger partial charge in [-0.25, -0.2) is 0 Å². The zero-order valence-corrected chi connectivity index (χ0v) is 11.2. The SMILES string of the molecule is CC1=Cc2ccccc2[CH]1[Hf+3].[F-].[F-].[F-]. The Labute approximate surface area is 96.1 Å². The van der Waals surface area contributed by atoms with Gasteiger partial charge in [-0.1, -0.05) is 0 Å². The van der Waals surface area contributed by atoms with Gasteiger partial charge >= 0.3 is 82.0 Å². The largest absolute Gasteiger partial charge is 1.00 e. The number of allylic oxidation sites excluding steroid dienone is 1. The minimum absolute atomic E-state index is 0. The van der Waals surface area contributed by atoms with Gasteiger partial charge < -0.3 is 14.1 Å². The summed E-state index contributed by atoms with van der Waals surface area (Å²) in [7, 11) is 0. The average molecular weight is 365 g/mol. The molecule has 0 bridgehead atoms. The summed E-state index contributed by atoms with van der Waals surface area (Å²) in [5, 5.41) is 0. The van der Waals surface area contributed by atoms with E-state index in [1.165, 1.54) is 41.1 Å². The van der Waals surface area contributed by atoms with Crippen LogP contribution in [0.5, 0.6) is 0 Å². The van der Waals surface area contributed by atoms with Crippen LogP contribution < -0.4 is 14.1 Å². The van der Waals surface area contributed by atoms with Crippen molar-refractivity contribution >= 4 is 6.08 Å². The second-order valence-electron chi connectivity index (χ2n) is 2.95. The van der Waals surface area contributed by atoms with Crippen LogP contribution in [0.15, 0.2) is 29.8 Å². The van der Waals surface area contributed by atoms with Crippen molar-refractivity contribution in [1.82, 2.24) is 0 Å². The molecule has 1 aromatic carbocycles. The minimum atomic E-state index is 0. The molecule has 0 amide bonds. The van der Waals surface area contributed by atoms with E-state index in [1.807, 2.05) is 0 Å². The third-order valence-electron chi connectivity index (χ3n) is 2.15. The van der Waals surface area contributed by atoms with E-state index in [-0.39, 0.29) is 14.1 Å². The Morgan fingerprint density at radius 1 is 1.07 bits per heavy atom. The van der Waals surface area contributed by atoms with Crippen molar-refractivity contribution in [1.29, 1.82) is 0 Å². The molecule has 2 rings (SSSR count). The summed E-state index contributed by atoms with van der Waals surface area (Å²) in [6.45, 7) is 2.23. The molecule has 0 aliphatic heterocycles. The van der Waals surface area contributed by atoms with Crippen LogP contribution in [0.25, 0.3) is 6.08 Å². The predicted molar refractivity (Wildman–Crippen MR) is 42.8 cm³/mol. The predicted octanol–water partition coefficient (Wildman–Crippen LogP) is -6.30. The van der Waals surface area contributed by atoms with Crippen LogP contribution in [0.4, 0.5) is 0 Å². The molecule has 1 aromatic rings. The molecule has 14 heavy (non-hydrogen) atoms. The van der Waals surface area contributed by atoms with Gasteiger partial charge in [-0.2, -0.15) is 0 Å².